The van der Waals surface area contributed by atoms with Crippen LogP contribution in [-0.4, -0.2) is 62.3 Å². The number of nitrogens with zero attached hydrogens (tertiary/aromatic N) is 1. The van der Waals surface area contributed by atoms with Crippen LogP contribution in [0.15, 0.2) is 46.1 Å². The smallest absolute Gasteiger partial charge is 0.459 e. The maximum absolute atomic E-state index is 13.8. The number of esters is 1. The van der Waals surface area contributed by atoms with Gasteiger partial charge in [0.2, 0.25) is 0 Å². The molecule has 3 rings (SSSR count). The molecule has 1 saturated heterocycles. The molecule has 218 valence electrons. The molecular weight excluding hydrogens is 569 g/mol. The van der Waals surface area contributed by atoms with Crippen LogP contribution in [0.3, 0.4) is 0 Å². The molecule has 0 aliphatic carbocycles. The molecule has 0 spiro atoms. The van der Waals surface area contributed by atoms with E-state index in [0.29, 0.717) is 17.9 Å². The lowest BCUT2D eigenvalue weighted by atomic mass is 9.95. The molecule has 15 heteroatoms. The molecule has 1 aliphatic rings. The van der Waals surface area contributed by atoms with Crippen LogP contribution in [0.2, 0.25) is 5.02 Å². The minimum Gasteiger partial charge on any atom is -0.461 e. The minimum absolute atomic E-state index is 0.0754. The van der Waals surface area contributed by atoms with Gasteiger partial charge in [-0.25, -0.2) is 9.36 Å². The fourth-order valence-electron chi connectivity index (χ4n) is 3.86. The molecule has 0 bridgehead atoms. The van der Waals surface area contributed by atoms with Crippen molar-refractivity contribution in [3.63, 3.8) is 0 Å². The van der Waals surface area contributed by atoms with E-state index in [4.69, 9.17) is 36.5 Å². The Kier molecular flexibility index (Phi) is 10.4. The van der Waals surface area contributed by atoms with Crippen molar-refractivity contribution in [2.45, 2.75) is 69.8 Å². The minimum atomic E-state index is -4.40. The molecule has 2 heterocycles. The van der Waals surface area contributed by atoms with Gasteiger partial charge in [-0.1, -0.05) is 31.4 Å². The average molecular weight is 600 g/mol. The molecule has 6 atom stereocenters. The molecule has 2 aromatic rings. The zero-order chi connectivity index (χ0) is 29.7. The van der Waals surface area contributed by atoms with Gasteiger partial charge in [0.15, 0.2) is 11.8 Å². The van der Waals surface area contributed by atoms with Crippen molar-refractivity contribution in [3.8, 4) is 18.1 Å². The second kappa shape index (κ2) is 13.1. The van der Waals surface area contributed by atoms with E-state index in [1.54, 1.807) is 0 Å². The number of benzene rings is 1. The summed E-state index contributed by atoms with van der Waals surface area (Å²) in [6.07, 6.45) is 2.43. The number of terminal acetylenes is 1. The van der Waals surface area contributed by atoms with Crippen molar-refractivity contribution < 1.29 is 38.1 Å². The van der Waals surface area contributed by atoms with Gasteiger partial charge in [0.05, 0.1) is 6.61 Å². The number of halogens is 1. The van der Waals surface area contributed by atoms with Gasteiger partial charge in [0.25, 0.3) is 5.56 Å². The van der Waals surface area contributed by atoms with Gasteiger partial charge < -0.3 is 24.2 Å². The lowest BCUT2D eigenvalue weighted by Crippen LogP contribution is -2.48. The highest BCUT2D eigenvalue weighted by Gasteiger charge is 2.56. The lowest BCUT2D eigenvalue weighted by molar-refractivity contribution is -0.151. The Balaban J connectivity index is 1.84. The van der Waals surface area contributed by atoms with E-state index in [1.807, 2.05) is 24.8 Å². The molecular formula is C25H31ClN3O10P. The third-order valence-electron chi connectivity index (χ3n) is 6.17. The van der Waals surface area contributed by atoms with Crippen molar-refractivity contribution in [1.29, 1.82) is 0 Å². The maximum atomic E-state index is 13.8. The third-order valence-corrected chi connectivity index (χ3v) is 8.06. The number of hydrogen-bond acceptors (Lipinski definition) is 10. The quantitative estimate of drug-likeness (QED) is 0.159. The van der Waals surface area contributed by atoms with Gasteiger partial charge in [-0.2, -0.15) is 5.09 Å². The number of nitrogens with one attached hydrogen (secondary N) is 2. The number of H-pyrrole nitrogens is 1. The summed E-state index contributed by atoms with van der Waals surface area (Å²) < 4.78 is 36.8. The molecule has 0 radical (unpaired) electrons. The summed E-state index contributed by atoms with van der Waals surface area (Å²) in [7, 11) is -4.40. The Morgan fingerprint density at radius 3 is 2.52 bits per heavy atom. The molecule has 1 aromatic heterocycles. The third kappa shape index (κ3) is 7.21. The van der Waals surface area contributed by atoms with E-state index in [1.165, 1.54) is 31.2 Å². The molecule has 1 aromatic carbocycles. The standard InChI is InChI=1S/C25H31ClN3O10P/c1-5-17(6-2)37-22(32)15(4)28-40(35,39-18-10-8-16(26)9-11-18)36-14-19-21(31)25(34,7-3)23(38-19)29-13-12-20(30)27-24(29)33/h3,8-13,15,17,19,21,23,31,34H,5-6,14H2,1-2,4H3,(H,28,35)(H,27,30,33). The fourth-order valence-corrected chi connectivity index (χ4v) is 5.49. The second-order valence-electron chi connectivity index (χ2n) is 9.02. The van der Waals surface area contributed by atoms with Crippen molar-refractivity contribution in [2.24, 2.45) is 0 Å². The number of hydrogen-bond donors (Lipinski definition) is 4. The summed E-state index contributed by atoms with van der Waals surface area (Å²) in [4.78, 5) is 38.4. The average Bonchev–Trinajstić information content (AvgIpc) is 3.17. The lowest BCUT2D eigenvalue weighted by Gasteiger charge is -2.26. The Morgan fingerprint density at radius 2 is 1.95 bits per heavy atom. The number of rotatable bonds is 12. The Hall–Kier alpha value is -2.95. The Morgan fingerprint density at radius 1 is 1.30 bits per heavy atom. The number of carbonyl (C=O) groups is 1. The van der Waals surface area contributed by atoms with Crippen molar-refractivity contribution >= 4 is 25.3 Å². The summed E-state index contributed by atoms with van der Waals surface area (Å²) in [5, 5.41) is 24.7. The molecule has 0 saturated carbocycles. The first kappa shape index (κ1) is 31.6. The van der Waals surface area contributed by atoms with Crippen molar-refractivity contribution in [1.82, 2.24) is 14.6 Å². The summed E-state index contributed by atoms with van der Waals surface area (Å²) >= 11 is 5.91. The molecule has 40 heavy (non-hydrogen) atoms. The van der Waals surface area contributed by atoms with Gasteiger partial charge in [-0.05, 0) is 44.0 Å². The number of aliphatic hydroxyl groups excluding tert-OH is 1. The van der Waals surface area contributed by atoms with Crippen LogP contribution in [0.4, 0.5) is 0 Å². The van der Waals surface area contributed by atoms with Gasteiger partial charge in [0, 0.05) is 17.3 Å². The summed E-state index contributed by atoms with van der Waals surface area (Å²) in [6, 6.07) is 5.65. The zero-order valence-corrected chi connectivity index (χ0v) is 23.6. The van der Waals surface area contributed by atoms with Gasteiger partial charge in [0.1, 0.15) is 30.1 Å². The first-order valence-electron chi connectivity index (χ1n) is 12.4. The number of aromatic nitrogens is 2. The van der Waals surface area contributed by atoms with Gasteiger partial charge in [-0.15, -0.1) is 6.42 Å². The molecule has 1 aliphatic heterocycles. The van der Waals surface area contributed by atoms with Gasteiger partial charge >= 0.3 is 19.4 Å². The van der Waals surface area contributed by atoms with E-state index in [0.717, 1.165) is 16.8 Å². The monoisotopic (exact) mass is 599 g/mol. The van der Waals surface area contributed by atoms with Crippen LogP contribution in [0.25, 0.3) is 0 Å². The predicted molar refractivity (Wildman–Crippen MR) is 144 cm³/mol. The van der Waals surface area contributed by atoms with E-state index in [-0.39, 0.29) is 11.9 Å². The van der Waals surface area contributed by atoms with Crippen LogP contribution in [0, 0.1) is 12.3 Å². The first-order valence-corrected chi connectivity index (χ1v) is 14.3. The van der Waals surface area contributed by atoms with Crippen LogP contribution < -0.4 is 20.9 Å². The highest BCUT2D eigenvalue weighted by atomic mass is 35.5. The van der Waals surface area contributed by atoms with Gasteiger partial charge in [-0.3, -0.25) is 23.7 Å². The van der Waals surface area contributed by atoms with Crippen LogP contribution >= 0.6 is 19.3 Å². The first-order chi connectivity index (χ1) is 18.9. The molecule has 4 N–H and O–H groups in total. The van der Waals surface area contributed by atoms with E-state index in [2.05, 4.69) is 5.09 Å². The number of carbonyl (C=O) groups excluding carboxylic acids is 1. The van der Waals surface area contributed by atoms with E-state index < -0.39 is 61.7 Å². The van der Waals surface area contributed by atoms with Crippen molar-refractivity contribution in [2.75, 3.05) is 6.61 Å². The number of aromatic amines is 1. The molecule has 13 nitrogen and oxygen atoms in total. The molecule has 0 amide bonds. The topological polar surface area (TPSA) is 178 Å². The highest BCUT2D eigenvalue weighted by molar-refractivity contribution is 7.52. The Bertz CT molecular complexity index is 1390. The zero-order valence-electron chi connectivity index (χ0n) is 22.0. The Labute approximate surface area is 235 Å². The maximum Gasteiger partial charge on any atom is 0.459 e. The van der Waals surface area contributed by atoms with E-state index in [9.17, 15) is 29.2 Å². The molecule has 1 fully saturated rings. The van der Waals surface area contributed by atoms with Crippen LogP contribution in [-0.2, 0) is 23.4 Å². The fraction of sp³-hybridized carbons (Fsp3) is 0.480. The molecule has 6 unspecified atom stereocenters. The van der Waals surface area contributed by atoms with Crippen molar-refractivity contribution in [3.05, 3.63) is 62.4 Å². The summed E-state index contributed by atoms with van der Waals surface area (Å²) in [5.41, 5.74) is -4.09. The van der Waals surface area contributed by atoms with E-state index >= 15 is 0 Å². The largest absolute Gasteiger partial charge is 0.461 e. The second-order valence-corrected chi connectivity index (χ2v) is 11.2. The summed E-state index contributed by atoms with van der Waals surface area (Å²) in [6.45, 7) is 4.44. The van der Waals surface area contributed by atoms with Crippen LogP contribution in [0.1, 0.15) is 39.8 Å². The summed E-state index contributed by atoms with van der Waals surface area (Å²) in [5.74, 6) is 1.39. The van der Waals surface area contributed by atoms with Crippen LogP contribution in [0.5, 0.6) is 5.75 Å². The number of aliphatic hydroxyl groups is 2. The number of ether oxygens (including phenoxy) is 2. The SMILES string of the molecule is C#CC1(O)C(O)C(COP(=O)(NC(C)C(=O)OC(CC)CC)Oc2ccc(Cl)cc2)OC1n1ccc(=O)[nH]c1=O. The highest BCUT2D eigenvalue weighted by Crippen LogP contribution is 2.47. The predicted octanol–water partition coefficient (Wildman–Crippen LogP) is 1.73. The normalized spacial score (nSPS) is 24.7.